The van der Waals surface area contributed by atoms with Gasteiger partial charge in [0.25, 0.3) is 0 Å². The van der Waals surface area contributed by atoms with Crippen molar-refractivity contribution in [1.82, 2.24) is 9.78 Å². The molecule has 13 heavy (non-hydrogen) atoms. The van der Waals surface area contributed by atoms with Crippen LogP contribution in [0.1, 0.15) is 44.1 Å². The molecule has 0 saturated carbocycles. The lowest BCUT2D eigenvalue weighted by atomic mass is 10.1. The van der Waals surface area contributed by atoms with E-state index in [1.807, 2.05) is 25.6 Å². The Bertz CT molecular complexity index is 249. The second-order valence-corrected chi connectivity index (χ2v) is 3.02. The zero-order valence-corrected chi connectivity index (χ0v) is 9.81. The molecule has 1 aromatic heterocycles. The molecule has 0 spiro atoms. The third-order valence-corrected chi connectivity index (χ3v) is 2.16. The van der Waals surface area contributed by atoms with Gasteiger partial charge in [-0.15, -0.1) is 0 Å². The van der Waals surface area contributed by atoms with Crippen LogP contribution in [0.2, 0.25) is 0 Å². The highest BCUT2D eigenvalue weighted by atomic mass is 15.3. The topological polar surface area (TPSA) is 17.8 Å². The average Bonchev–Trinajstić information content (AvgIpc) is 2.36. The van der Waals surface area contributed by atoms with E-state index in [1.165, 1.54) is 23.4 Å². The van der Waals surface area contributed by atoms with E-state index < -0.39 is 0 Å². The highest BCUT2D eigenvalue weighted by molar-refractivity contribution is 5.24. The molecule has 0 saturated heterocycles. The van der Waals surface area contributed by atoms with Gasteiger partial charge in [-0.2, -0.15) is 5.10 Å². The summed E-state index contributed by atoms with van der Waals surface area (Å²) in [6.45, 7) is 10.4. The van der Waals surface area contributed by atoms with Crippen molar-refractivity contribution < 1.29 is 0 Å². The van der Waals surface area contributed by atoms with Crippen LogP contribution in [0.25, 0.3) is 0 Å². The van der Waals surface area contributed by atoms with Crippen LogP contribution >= 0.6 is 0 Å². The predicted molar refractivity (Wildman–Crippen MR) is 58.0 cm³/mol. The summed E-state index contributed by atoms with van der Waals surface area (Å²) in [5.41, 5.74) is 3.92. The van der Waals surface area contributed by atoms with Gasteiger partial charge in [0.2, 0.25) is 0 Å². The minimum atomic E-state index is 1.16. The number of aryl methyl sites for hydroxylation is 2. The molecule has 0 N–H and O–H groups in total. The second kappa shape index (κ2) is 5.79. The summed E-state index contributed by atoms with van der Waals surface area (Å²) in [5, 5.41) is 4.35. The lowest BCUT2D eigenvalue weighted by molar-refractivity contribution is 0.729. The van der Waals surface area contributed by atoms with Crippen molar-refractivity contribution in [3.63, 3.8) is 0 Å². The molecule has 0 bridgehead atoms. The fourth-order valence-electron chi connectivity index (χ4n) is 1.43. The summed E-state index contributed by atoms with van der Waals surface area (Å²) in [6.07, 6.45) is 2.36. The van der Waals surface area contributed by atoms with Crippen molar-refractivity contribution >= 4 is 0 Å². The lowest BCUT2D eigenvalue weighted by Gasteiger charge is -1.97. The van der Waals surface area contributed by atoms with E-state index in [9.17, 15) is 0 Å². The van der Waals surface area contributed by atoms with Crippen molar-refractivity contribution in [2.24, 2.45) is 7.05 Å². The monoisotopic (exact) mass is 182 g/mol. The summed E-state index contributed by atoms with van der Waals surface area (Å²) in [7, 11) is 2.00. The Kier molecular flexibility index (Phi) is 5.44. The van der Waals surface area contributed by atoms with E-state index >= 15 is 0 Å². The maximum atomic E-state index is 4.35. The third-order valence-electron chi connectivity index (χ3n) is 2.16. The minimum absolute atomic E-state index is 1.16. The molecule has 0 amide bonds. The molecule has 0 unspecified atom stereocenters. The summed E-state index contributed by atoms with van der Waals surface area (Å²) in [4.78, 5) is 0. The fraction of sp³-hybridized carbons (Fsp3) is 0.727. The van der Waals surface area contributed by atoms with Gasteiger partial charge in [0.1, 0.15) is 0 Å². The molecule has 0 aliphatic heterocycles. The quantitative estimate of drug-likeness (QED) is 0.687. The van der Waals surface area contributed by atoms with Crippen molar-refractivity contribution in [1.29, 1.82) is 0 Å². The predicted octanol–water partition coefficient (Wildman–Crippen LogP) is 3.02. The zero-order valence-electron chi connectivity index (χ0n) is 9.81. The third kappa shape index (κ3) is 2.87. The van der Waals surface area contributed by atoms with E-state index in [0.29, 0.717) is 0 Å². The Morgan fingerprint density at radius 2 is 1.77 bits per heavy atom. The highest BCUT2D eigenvalue weighted by Gasteiger charge is 2.06. The van der Waals surface area contributed by atoms with Gasteiger partial charge in [0.05, 0.1) is 5.69 Å². The number of rotatable bonds is 2. The van der Waals surface area contributed by atoms with Crippen LogP contribution in [0.4, 0.5) is 0 Å². The van der Waals surface area contributed by atoms with Crippen molar-refractivity contribution in [2.45, 2.75) is 47.5 Å². The normalized spacial score (nSPS) is 9.38. The number of hydrogen-bond donors (Lipinski definition) is 0. The molecule has 2 heteroatoms. The van der Waals surface area contributed by atoms with Crippen molar-refractivity contribution in [3.8, 4) is 0 Å². The maximum Gasteiger partial charge on any atom is 0.0628 e. The first kappa shape index (κ1) is 12.2. The minimum Gasteiger partial charge on any atom is -0.272 e. The molecule has 0 aliphatic carbocycles. The van der Waals surface area contributed by atoms with Gasteiger partial charge in [-0.05, 0) is 25.8 Å². The van der Waals surface area contributed by atoms with Gasteiger partial charge in [0.15, 0.2) is 0 Å². The first-order chi connectivity index (χ1) is 6.16. The smallest absolute Gasteiger partial charge is 0.0628 e. The molecule has 0 radical (unpaired) electrons. The average molecular weight is 182 g/mol. The molecule has 2 nitrogen and oxygen atoms in total. The fourth-order valence-corrected chi connectivity index (χ4v) is 1.43. The Morgan fingerprint density at radius 3 is 2.08 bits per heavy atom. The van der Waals surface area contributed by atoms with Crippen LogP contribution in [0.5, 0.6) is 0 Å². The summed E-state index contributed by atoms with van der Waals surface area (Å²) in [6, 6.07) is 0. The van der Waals surface area contributed by atoms with E-state index in [0.717, 1.165) is 6.42 Å². The molecular formula is C11H22N2. The van der Waals surface area contributed by atoms with E-state index in [4.69, 9.17) is 0 Å². The van der Waals surface area contributed by atoms with Crippen LogP contribution in [-0.2, 0) is 13.5 Å². The molecule has 0 aromatic carbocycles. The Balaban J connectivity index is 0.000000671. The first-order valence-electron chi connectivity index (χ1n) is 5.16. The summed E-state index contributed by atoms with van der Waals surface area (Å²) < 4.78 is 1.96. The van der Waals surface area contributed by atoms with Crippen LogP contribution in [0.15, 0.2) is 0 Å². The van der Waals surface area contributed by atoms with Gasteiger partial charge in [-0.3, -0.25) is 4.68 Å². The van der Waals surface area contributed by atoms with E-state index in [2.05, 4.69) is 25.9 Å². The SMILES string of the molecule is CC.CCCc1c(C)nn(C)c1C. The van der Waals surface area contributed by atoms with Crippen LogP contribution in [0.3, 0.4) is 0 Å². The Morgan fingerprint density at radius 1 is 1.23 bits per heavy atom. The Labute approximate surface area is 82.0 Å². The molecule has 0 aliphatic rings. The van der Waals surface area contributed by atoms with Crippen molar-refractivity contribution in [2.75, 3.05) is 0 Å². The number of nitrogens with zero attached hydrogens (tertiary/aromatic N) is 2. The maximum absolute atomic E-state index is 4.35. The number of aromatic nitrogens is 2. The molecule has 1 heterocycles. The van der Waals surface area contributed by atoms with Crippen LogP contribution in [0, 0.1) is 13.8 Å². The number of hydrogen-bond acceptors (Lipinski definition) is 1. The molecule has 1 aromatic rings. The van der Waals surface area contributed by atoms with E-state index in [1.54, 1.807) is 0 Å². The molecular weight excluding hydrogens is 160 g/mol. The summed E-state index contributed by atoms with van der Waals surface area (Å²) in [5.74, 6) is 0. The van der Waals surface area contributed by atoms with Crippen LogP contribution in [-0.4, -0.2) is 9.78 Å². The highest BCUT2D eigenvalue weighted by Crippen LogP contribution is 2.13. The largest absolute Gasteiger partial charge is 0.272 e. The zero-order chi connectivity index (χ0) is 10.4. The van der Waals surface area contributed by atoms with Gasteiger partial charge in [-0.25, -0.2) is 0 Å². The van der Waals surface area contributed by atoms with Crippen LogP contribution < -0.4 is 0 Å². The van der Waals surface area contributed by atoms with Gasteiger partial charge in [-0.1, -0.05) is 27.2 Å². The van der Waals surface area contributed by atoms with Crippen molar-refractivity contribution in [3.05, 3.63) is 17.0 Å². The Hall–Kier alpha value is -0.790. The van der Waals surface area contributed by atoms with Gasteiger partial charge < -0.3 is 0 Å². The van der Waals surface area contributed by atoms with Gasteiger partial charge >= 0.3 is 0 Å². The molecule has 1 rings (SSSR count). The molecule has 0 atom stereocenters. The standard InChI is InChI=1S/C9H16N2.C2H6/c1-5-6-9-7(2)10-11(4)8(9)3;1-2/h5-6H2,1-4H3;1-2H3. The van der Waals surface area contributed by atoms with Gasteiger partial charge in [0, 0.05) is 12.7 Å². The second-order valence-electron chi connectivity index (χ2n) is 3.02. The lowest BCUT2D eigenvalue weighted by Crippen LogP contribution is -1.93. The van der Waals surface area contributed by atoms with E-state index in [-0.39, 0.29) is 0 Å². The first-order valence-corrected chi connectivity index (χ1v) is 5.16. The molecule has 0 fully saturated rings. The summed E-state index contributed by atoms with van der Waals surface area (Å²) >= 11 is 0. The molecule has 76 valence electrons.